The Kier molecular flexibility index (Phi) is 3.68. The molecule has 2 N–H and O–H groups in total. The maximum Gasteiger partial charge on any atom is 0.0981 e. The van der Waals surface area contributed by atoms with E-state index >= 15 is 0 Å². The third kappa shape index (κ3) is 3.01. The Bertz CT molecular complexity index is 277. The molecule has 0 saturated carbocycles. The van der Waals surface area contributed by atoms with E-state index in [0.29, 0.717) is 0 Å². The zero-order chi connectivity index (χ0) is 9.68. The fourth-order valence-electron chi connectivity index (χ4n) is 1.05. The van der Waals surface area contributed by atoms with Crippen molar-refractivity contribution in [2.75, 3.05) is 6.61 Å². The number of rotatable bonds is 3. The van der Waals surface area contributed by atoms with Crippen LogP contribution < -0.4 is 0 Å². The van der Waals surface area contributed by atoms with Crippen molar-refractivity contribution in [1.29, 1.82) is 0 Å². The first kappa shape index (κ1) is 9.96. The van der Waals surface area contributed by atoms with Gasteiger partial charge in [-0.3, -0.25) is 0 Å². The molecular formula is C11H14O2. The molecule has 0 aliphatic carbocycles. The third-order valence-corrected chi connectivity index (χ3v) is 1.89. The Balaban J connectivity index is 2.77. The summed E-state index contributed by atoms with van der Waals surface area (Å²) in [7, 11) is 0. The zero-order valence-electron chi connectivity index (χ0n) is 7.64. The van der Waals surface area contributed by atoms with E-state index in [9.17, 15) is 5.11 Å². The van der Waals surface area contributed by atoms with Crippen LogP contribution in [0.4, 0.5) is 0 Å². The summed E-state index contributed by atoms with van der Waals surface area (Å²) in [5.74, 6) is 0. The van der Waals surface area contributed by atoms with E-state index in [2.05, 4.69) is 0 Å². The van der Waals surface area contributed by atoms with Gasteiger partial charge in [0, 0.05) is 0 Å². The van der Waals surface area contributed by atoms with E-state index in [4.69, 9.17) is 5.11 Å². The summed E-state index contributed by atoms with van der Waals surface area (Å²) in [5, 5.41) is 18.0. The standard InChI is InChI=1S/C11H14O2/c1-9(11(13)8-12)7-10-5-3-2-4-6-10/h2-7,11-13H,8H2,1H3/b9-7+. The maximum absolute atomic E-state index is 9.27. The van der Waals surface area contributed by atoms with Crippen LogP contribution >= 0.6 is 0 Å². The summed E-state index contributed by atoms with van der Waals surface area (Å²) in [5.41, 5.74) is 1.81. The van der Waals surface area contributed by atoms with E-state index < -0.39 is 6.10 Å². The highest BCUT2D eigenvalue weighted by molar-refractivity contribution is 5.52. The second-order valence-corrected chi connectivity index (χ2v) is 3.00. The molecule has 2 nitrogen and oxygen atoms in total. The summed E-state index contributed by atoms with van der Waals surface area (Å²) in [4.78, 5) is 0. The minimum atomic E-state index is -0.750. The van der Waals surface area contributed by atoms with Gasteiger partial charge in [-0.25, -0.2) is 0 Å². The summed E-state index contributed by atoms with van der Waals surface area (Å²) < 4.78 is 0. The molecule has 1 unspecified atom stereocenters. The van der Waals surface area contributed by atoms with Gasteiger partial charge in [0.25, 0.3) is 0 Å². The molecule has 2 heteroatoms. The lowest BCUT2D eigenvalue weighted by Crippen LogP contribution is -2.12. The van der Waals surface area contributed by atoms with Gasteiger partial charge < -0.3 is 10.2 Å². The molecule has 0 amide bonds. The number of hydrogen-bond donors (Lipinski definition) is 2. The van der Waals surface area contributed by atoms with Crippen LogP contribution in [0.3, 0.4) is 0 Å². The van der Waals surface area contributed by atoms with Crippen LogP contribution in [0.15, 0.2) is 35.9 Å². The van der Waals surface area contributed by atoms with Crippen molar-refractivity contribution in [3.63, 3.8) is 0 Å². The van der Waals surface area contributed by atoms with Crippen molar-refractivity contribution in [2.45, 2.75) is 13.0 Å². The molecule has 1 aromatic rings. The average Bonchev–Trinajstić information content (AvgIpc) is 2.18. The van der Waals surface area contributed by atoms with Gasteiger partial charge in [-0.1, -0.05) is 36.4 Å². The SMILES string of the molecule is C/C(=C\c1ccccc1)C(O)CO. The molecule has 13 heavy (non-hydrogen) atoms. The van der Waals surface area contributed by atoms with Crippen LogP contribution in [-0.2, 0) is 0 Å². The monoisotopic (exact) mass is 178 g/mol. The van der Waals surface area contributed by atoms with Crippen molar-refractivity contribution in [3.8, 4) is 0 Å². The van der Waals surface area contributed by atoms with E-state index in [1.807, 2.05) is 36.4 Å². The summed E-state index contributed by atoms with van der Waals surface area (Å²) >= 11 is 0. The molecular weight excluding hydrogens is 164 g/mol. The van der Waals surface area contributed by atoms with Crippen molar-refractivity contribution >= 4 is 6.08 Å². The molecule has 0 spiro atoms. The fourth-order valence-corrected chi connectivity index (χ4v) is 1.05. The summed E-state index contributed by atoms with van der Waals surface area (Å²) in [6.45, 7) is 1.57. The Morgan fingerprint density at radius 3 is 2.54 bits per heavy atom. The number of aliphatic hydroxyl groups is 2. The highest BCUT2D eigenvalue weighted by Crippen LogP contribution is 2.08. The first-order valence-electron chi connectivity index (χ1n) is 4.26. The van der Waals surface area contributed by atoms with Crippen molar-refractivity contribution < 1.29 is 10.2 Å². The van der Waals surface area contributed by atoms with Gasteiger partial charge in [-0.15, -0.1) is 0 Å². The molecule has 0 aromatic heterocycles. The second kappa shape index (κ2) is 4.80. The van der Waals surface area contributed by atoms with E-state index in [-0.39, 0.29) is 6.61 Å². The number of benzene rings is 1. The summed E-state index contributed by atoms with van der Waals surface area (Å²) in [6.07, 6.45) is 1.11. The number of hydrogen-bond acceptors (Lipinski definition) is 2. The van der Waals surface area contributed by atoms with Gasteiger partial charge >= 0.3 is 0 Å². The van der Waals surface area contributed by atoms with Crippen LogP contribution in [-0.4, -0.2) is 22.9 Å². The topological polar surface area (TPSA) is 40.5 Å². The average molecular weight is 178 g/mol. The maximum atomic E-state index is 9.27. The highest BCUT2D eigenvalue weighted by Gasteiger charge is 2.02. The second-order valence-electron chi connectivity index (χ2n) is 3.00. The van der Waals surface area contributed by atoms with Crippen LogP contribution in [0.5, 0.6) is 0 Å². The molecule has 0 aliphatic rings. The molecule has 0 bridgehead atoms. The van der Waals surface area contributed by atoms with Gasteiger partial charge in [-0.2, -0.15) is 0 Å². The molecule has 1 atom stereocenters. The normalized spacial score (nSPS) is 14.2. The summed E-state index contributed by atoms with van der Waals surface area (Å²) in [6, 6.07) is 9.71. The minimum Gasteiger partial charge on any atom is -0.393 e. The van der Waals surface area contributed by atoms with Gasteiger partial charge in [0.1, 0.15) is 0 Å². The van der Waals surface area contributed by atoms with E-state index in [0.717, 1.165) is 11.1 Å². The Morgan fingerprint density at radius 1 is 1.38 bits per heavy atom. The largest absolute Gasteiger partial charge is 0.393 e. The Labute approximate surface area is 78.2 Å². The minimum absolute atomic E-state index is 0.227. The van der Waals surface area contributed by atoms with Crippen molar-refractivity contribution in [2.24, 2.45) is 0 Å². The molecule has 1 aromatic carbocycles. The van der Waals surface area contributed by atoms with Crippen LogP contribution in [0.25, 0.3) is 6.08 Å². The lowest BCUT2D eigenvalue weighted by Gasteiger charge is -2.06. The molecule has 0 radical (unpaired) electrons. The first-order valence-corrected chi connectivity index (χ1v) is 4.26. The lowest BCUT2D eigenvalue weighted by molar-refractivity contribution is 0.123. The van der Waals surface area contributed by atoms with Crippen molar-refractivity contribution in [3.05, 3.63) is 41.5 Å². The van der Waals surface area contributed by atoms with E-state index in [1.165, 1.54) is 0 Å². The molecule has 0 heterocycles. The van der Waals surface area contributed by atoms with Gasteiger partial charge in [-0.05, 0) is 18.1 Å². The third-order valence-electron chi connectivity index (χ3n) is 1.89. The predicted octanol–water partition coefficient (Wildman–Crippen LogP) is 1.44. The predicted molar refractivity (Wildman–Crippen MR) is 53.2 cm³/mol. The van der Waals surface area contributed by atoms with Gasteiger partial charge in [0.05, 0.1) is 12.7 Å². The quantitative estimate of drug-likeness (QED) is 0.735. The van der Waals surface area contributed by atoms with Gasteiger partial charge in [0.15, 0.2) is 0 Å². The van der Waals surface area contributed by atoms with Crippen LogP contribution in [0.2, 0.25) is 0 Å². The first-order chi connectivity index (χ1) is 6.24. The fraction of sp³-hybridized carbons (Fsp3) is 0.273. The molecule has 70 valence electrons. The Hall–Kier alpha value is -1.12. The lowest BCUT2D eigenvalue weighted by atomic mass is 10.1. The van der Waals surface area contributed by atoms with E-state index in [1.54, 1.807) is 6.92 Å². The number of aliphatic hydroxyl groups excluding tert-OH is 2. The highest BCUT2D eigenvalue weighted by atomic mass is 16.3. The molecule has 0 aliphatic heterocycles. The zero-order valence-corrected chi connectivity index (χ0v) is 7.64. The smallest absolute Gasteiger partial charge is 0.0981 e. The van der Waals surface area contributed by atoms with Gasteiger partial charge in [0.2, 0.25) is 0 Å². The molecule has 1 rings (SSSR count). The molecule has 0 saturated heterocycles. The van der Waals surface area contributed by atoms with Crippen LogP contribution in [0, 0.1) is 0 Å². The van der Waals surface area contributed by atoms with Crippen LogP contribution in [0.1, 0.15) is 12.5 Å². The molecule has 0 fully saturated rings. The Morgan fingerprint density at radius 2 is 2.00 bits per heavy atom. The van der Waals surface area contributed by atoms with Crippen molar-refractivity contribution in [1.82, 2.24) is 0 Å².